The Hall–Kier alpha value is -2.41. The molecule has 0 amide bonds. The molecule has 0 radical (unpaired) electrons. The SMILES string of the molecule is O=C(O)c1c(CNc2ccc(Br)cc2)cccc1[N+](=O)[O-]. The number of nitro benzene ring substituents is 1. The maximum atomic E-state index is 11.3. The molecule has 2 N–H and O–H groups in total. The molecule has 2 rings (SSSR count). The number of hydrogen-bond donors (Lipinski definition) is 2. The van der Waals surface area contributed by atoms with Crippen LogP contribution in [0.15, 0.2) is 46.9 Å². The number of halogens is 1. The molecule has 0 aliphatic carbocycles. The number of aromatic carboxylic acids is 1. The van der Waals surface area contributed by atoms with Gasteiger partial charge in [-0.25, -0.2) is 4.79 Å². The summed E-state index contributed by atoms with van der Waals surface area (Å²) in [7, 11) is 0. The second-order valence-corrected chi connectivity index (χ2v) is 5.15. The highest BCUT2D eigenvalue weighted by Crippen LogP contribution is 2.23. The minimum atomic E-state index is -1.31. The van der Waals surface area contributed by atoms with Crippen LogP contribution in [-0.2, 0) is 6.54 Å². The fourth-order valence-corrected chi connectivity index (χ4v) is 2.16. The van der Waals surface area contributed by atoms with E-state index in [-0.39, 0.29) is 12.1 Å². The Kier molecular flexibility index (Phi) is 4.54. The third kappa shape index (κ3) is 3.57. The second-order valence-electron chi connectivity index (χ2n) is 4.23. The average molecular weight is 351 g/mol. The molecule has 0 heterocycles. The molecule has 0 saturated carbocycles. The molecule has 108 valence electrons. The highest BCUT2D eigenvalue weighted by atomic mass is 79.9. The monoisotopic (exact) mass is 350 g/mol. The summed E-state index contributed by atoms with van der Waals surface area (Å²) in [4.78, 5) is 21.5. The lowest BCUT2D eigenvalue weighted by molar-refractivity contribution is -0.385. The van der Waals surface area contributed by atoms with E-state index in [2.05, 4.69) is 21.2 Å². The molecule has 0 fully saturated rings. The topological polar surface area (TPSA) is 92.5 Å². The van der Waals surface area contributed by atoms with Gasteiger partial charge in [-0.1, -0.05) is 28.1 Å². The first kappa shape index (κ1) is 15.0. The molecule has 0 aliphatic rings. The van der Waals surface area contributed by atoms with Crippen molar-refractivity contribution in [3.63, 3.8) is 0 Å². The van der Waals surface area contributed by atoms with Crippen LogP contribution in [0.25, 0.3) is 0 Å². The highest BCUT2D eigenvalue weighted by molar-refractivity contribution is 9.10. The van der Waals surface area contributed by atoms with Crippen molar-refractivity contribution in [1.29, 1.82) is 0 Å². The van der Waals surface area contributed by atoms with Crippen molar-refractivity contribution in [2.75, 3.05) is 5.32 Å². The van der Waals surface area contributed by atoms with Crippen LogP contribution in [0, 0.1) is 10.1 Å². The lowest BCUT2D eigenvalue weighted by Crippen LogP contribution is -2.10. The highest BCUT2D eigenvalue weighted by Gasteiger charge is 2.23. The van der Waals surface area contributed by atoms with Gasteiger partial charge in [-0.3, -0.25) is 10.1 Å². The predicted octanol–water partition coefficient (Wildman–Crippen LogP) is 3.67. The van der Waals surface area contributed by atoms with E-state index in [0.717, 1.165) is 10.2 Å². The number of carboxylic acid groups (broad SMARTS) is 1. The zero-order valence-electron chi connectivity index (χ0n) is 10.7. The van der Waals surface area contributed by atoms with Crippen LogP contribution in [-0.4, -0.2) is 16.0 Å². The summed E-state index contributed by atoms with van der Waals surface area (Å²) in [6, 6.07) is 11.5. The molecule has 0 aliphatic heterocycles. The second kappa shape index (κ2) is 6.36. The largest absolute Gasteiger partial charge is 0.477 e. The van der Waals surface area contributed by atoms with Crippen LogP contribution in [0.3, 0.4) is 0 Å². The van der Waals surface area contributed by atoms with E-state index in [1.54, 1.807) is 6.07 Å². The molecular formula is C14H11BrN2O4. The van der Waals surface area contributed by atoms with Crippen molar-refractivity contribution in [2.45, 2.75) is 6.54 Å². The number of nitrogens with zero attached hydrogens (tertiary/aromatic N) is 1. The van der Waals surface area contributed by atoms with Crippen molar-refractivity contribution in [3.05, 3.63) is 68.2 Å². The third-order valence-corrected chi connectivity index (χ3v) is 3.40. The molecule has 0 aromatic heterocycles. The zero-order valence-corrected chi connectivity index (χ0v) is 12.3. The Labute approximate surface area is 128 Å². The molecule has 6 nitrogen and oxygen atoms in total. The van der Waals surface area contributed by atoms with Crippen LogP contribution in [0.4, 0.5) is 11.4 Å². The molecule has 2 aromatic rings. The van der Waals surface area contributed by atoms with Crippen molar-refractivity contribution in [3.8, 4) is 0 Å². The minimum Gasteiger partial charge on any atom is -0.477 e. The Bertz CT molecular complexity index is 686. The molecule has 0 bridgehead atoms. The fraction of sp³-hybridized carbons (Fsp3) is 0.0714. The molecule has 0 spiro atoms. The maximum Gasteiger partial charge on any atom is 0.343 e. The maximum absolute atomic E-state index is 11.3. The number of hydrogen-bond acceptors (Lipinski definition) is 4. The molecule has 7 heteroatoms. The van der Waals surface area contributed by atoms with Gasteiger partial charge in [0.05, 0.1) is 4.92 Å². The van der Waals surface area contributed by atoms with Crippen LogP contribution >= 0.6 is 15.9 Å². The van der Waals surface area contributed by atoms with Crippen LogP contribution in [0.1, 0.15) is 15.9 Å². The van der Waals surface area contributed by atoms with Gasteiger partial charge in [-0.15, -0.1) is 0 Å². The van der Waals surface area contributed by atoms with Gasteiger partial charge >= 0.3 is 5.97 Å². The number of carbonyl (C=O) groups is 1. The number of nitrogens with one attached hydrogen (secondary N) is 1. The first-order valence-electron chi connectivity index (χ1n) is 5.98. The Morgan fingerprint density at radius 2 is 1.90 bits per heavy atom. The van der Waals surface area contributed by atoms with E-state index in [4.69, 9.17) is 0 Å². The Balaban J connectivity index is 2.27. The predicted molar refractivity (Wildman–Crippen MR) is 81.5 cm³/mol. The molecular weight excluding hydrogens is 340 g/mol. The van der Waals surface area contributed by atoms with Gasteiger partial charge in [-0.05, 0) is 29.8 Å². The third-order valence-electron chi connectivity index (χ3n) is 2.87. The van der Waals surface area contributed by atoms with E-state index < -0.39 is 16.6 Å². The molecule has 0 atom stereocenters. The first-order chi connectivity index (χ1) is 9.99. The standard InChI is InChI=1S/C14H11BrN2O4/c15-10-4-6-11(7-5-10)16-8-9-2-1-3-12(17(20)21)13(9)14(18)19/h1-7,16H,8H2,(H,18,19). The lowest BCUT2D eigenvalue weighted by Gasteiger charge is -2.09. The number of rotatable bonds is 5. The van der Waals surface area contributed by atoms with Crippen molar-refractivity contribution in [1.82, 2.24) is 0 Å². The number of benzene rings is 2. The summed E-state index contributed by atoms with van der Waals surface area (Å²) in [5.41, 5.74) is 0.463. The van der Waals surface area contributed by atoms with E-state index in [1.807, 2.05) is 24.3 Å². The van der Waals surface area contributed by atoms with Gasteiger partial charge in [0.1, 0.15) is 5.56 Å². The van der Waals surface area contributed by atoms with Crippen molar-refractivity contribution in [2.24, 2.45) is 0 Å². The van der Waals surface area contributed by atoms with Crippen LogP contribution in [0.2, 0.25) is 0 Å². The summed E-state index contributed by atoms with van der Waals surface area (Å²) >= 11 is 3.32. The quantitative estimate of drug-likeness (QED) is 0.633. The lowest BCUT2D eigenvalue weighted by atomic mass is 10.1. The average Bonchev–Trinajstić information content (AvgIpc) is 2.46. The molecule has 2 aromatic carbocycles. The van der Waals surface area contributed by atoms with E-state index in [0.29, 0.717) is 5.56 Å². The van der Waals surface area contributed by atoms with Gasteiger partial charge in [0, 0.05) is 22.8 Å². The van der Waals surface area contributed by atoms with Gasteiger partial charge in [-0.2, -0.15) is 0 Å². The number of nitro groups is 1. The summed E-state index contributed by atoms with van der Waals surface area (Å²) in [5.74, 6) is -1.31. The van der Waals surface area contributed by atoms with Crippen LogP contribution < -0.4 is 5.32 Å². The van der Waals surface area contributed by atoms with Gasteiger partial charge in [0.25, 0.3) is 5.69 Å². The molecule has 0 unspecified atom stereocenters. The summed E-state index contributed by atoms with van der Waals surface area (Å²) in [6.07, 6.45) is 0. The molecule has 21 heavy (non-hydrogen) atoms. The number of carboxylic acids is 1. The van der Waals surface area contributed by atoms with E-state index in [9.17, 15) is 20.0 Å². The van der Waals surface area contributed by atoms with Crippen LogP contribution in [0.5, 0.6) is 0 Å². The van der Waals surface area contributed by atoms with E-state index in [1.165, 1.54) is 12.1 Å². The van der Waals surface area contributed by atoms with Gasteiger partial charge < -0.3 is 10.4 Å². The summed E-state index contributed by atoms with van der Waals surface area (Å²) in [5, 5.41) is 23.1. The Morgan fingerprint density at radius 3 is 2.48 bits per heavy atom. The number of anilines is 1. The Morgan fingerprint density at radius 1 is 1.24 bits per heavy atom. The fourth-order valence-electron chi connectivity index (χ4n) is 1.90. The minimum absolute atomic E-state index is 0.185. The smallest absolute Gasteiger partial charge is 0.343 e. The van der Waals surface area contributed by atoms with Gasteiger partial charge in [0.15, 0.2) is 0 Å². The summed E-state index contributed by atoms with van der Waals surface area (Å²) in [6.45, 7) is 0.185. The normalized spacial score (nSPS) is 10.1. The van der Waals surface area contributed by atoms with Crippen molar-refractivity contribution >= 4 is 33.3 Å². The first-order valence-corrected chi connectivity index (χ1v) is 6.77. The summed E-state index contributed by atoms with van der Waals surface area (Å²) < 4.78 is 0.926. The van der Waals surface area contributed by atoms with E-state index >= 15 is 0 Å². The van der Waals surface area contributed by atoms with Gasteiger partial charge in [0.2, 0.25) is 0 Å². The zero-order chi connectivity index (χ0) is 15.4. The van der Waals surface area contributed by atoms with Crippen molar-refractivity contribution < 1.29 is 14.8 Å². The molecule has 0 saturated heterocycles.